The van der Waals surface area contributed by atoms with Crippen molar-refractivity contribution in [1.82, 2.24) is 10.2 Å². The van der Waals surface area contributed by atoms with Gasteiger partial charge in [0.05, 0.1) is 35.0 Å². The van der Waals surface area contributed by atoms with Crippen LogP contribution in [0, 0.1) is 5.92 Å². The van der Waals surface area contributed by atoms with Crippen LogP contribution in [0.3, 0.4) is 0 Å². The van der Waals surface area contributed by atoms with Gasteiger partial charge in [0, 0.05) is 31.9 Å². The van der Waals surface area contributed by atoms with Crippen molar-refractivity contribution in [3.05, 3.63) is 42.0 Å². The molecule has 0 aliphatic carbocycles. The monoisotopic (exact) mass is 526 g/mol. The van der Waals surface area contributed by atoms with E-state index in [1.54, 1.807) is 26.2 Å². The highest BCUT2D eigenvalue weighted by atomic mass is 16.5. The fourth-order valence-corrected chi connectivity index (χ4v) is 4.71. The van der Waals surface area contributed by atoms with E-state index in [9.17, 15) is 9.59 Å². The van der Waals surface area contributed by atoms with Gasteiger partial charge < -0.3 is 33.5 Å². The van der Waals surface area contributed by atoms with Crippen molar-refractivity contribution in [2.24, 2.45) is 10.9 Å². The predicted molar refractivity (Wildman–Crippen MR) is 141 cm³/mol. The van der Waals surface area contributed by atoms with Gasteiger partial charge in [-0.25, -0.2) is 4.99 Å². The lowest BCUT2D eigenvalue weighted by Crippen LogP contribution is -2.57. The van der Waals surface area contributed by atoms with E-state index in [2.05, 4.69) is 10.2 Å². The fraction of sp³-hybridized carbons (Fsp3) is 0.444. The second kappa shape index (κ2) is 11.9. The normalized spacial score (nSPS) is 19.3. The quantitative estimate of drug-likeness (QED) is 0.409. The fourth-order valence-electron chi connectivity index (χ4n) is 4.71. The maximum absolute atomic E-state index is 13.3. The largest absolute Gasteiger partial charge is 0.497 e. The van der Waals surface area contributed by atoms with E-state index in [0.29, 0.717) is 41.9 Å². The molecule has 2 aromatic rings. The number of esters is 1. The van der Waals surface area contributed by atoms with E-state index in [-0.39, 0.29) is 6.61 Å². The number of anilines is 1. The molecule has 0 spiro atoms. The zero-order valence-corrected chi connectivity index (χ0v) is 22.4. The zero-order chi connectivity index (χ0) is 27.2. The molecular formula is C27H34N4O7. The Labute approximate surface area is 222 Å². The summed E-state index contributed by atoms with van der Waals surface area (Å²) in [5.74, 6) is 0.165. The molecule has 0 bridgehead atoms. The second-order valence-corrected chi connectivity index (χ2v) is 8.75. The van der Waals surface area contributed by atoms with Gasteiger partial charge in [-0.15, -0.1) is 0 Å². The third-order valence-electron chi connectivity index (χ3n) is 6.68. The highest BCUT2D eigenvalue weighted by Crippen LogP contribution is 2.42. The lowest BCUT2D eigenvalue weighted by Gasteiger charge is -2.39. The molecule has 204 valence electrons. The Morgan fingerprint density at radius 3 is 2.05 bits per heavy atom. The highest BCUT2D eigenvalue weighted by Gasteiger charge is 2.43. The van der Waals surface area contributed by atoms with Crippen molar-refractivity contribution < 1.29 is 33.3 Å². The van der Waals surface area contributed by atoms with Crippen molar-refractivity contribution >= 4 is 23.5 Å². The molecule has 2 aromatic carbocycles. The summed E-state index contributed by atoms with van der Waals surface area (Å²) in [5, 5.41) is 2.84. The van der Waals surface area contributed by atoms with Crippen LogP contribution in [0.2, 0.25) is 0 Å². The van der Waals surface area contributed by atoms with E-state index in [1.807, 2.05) is 29.2 Å². The molecule has 0 saturated carbocycles. The van der Waals surface area contributed by atoms with E-state index in [4.69, 9.17) is 28.7 Å². The molecule has 38 heavy (non-hydrogen) atoms. The molecule has 0 radical (unpaired) electrons. The van der Waals surface area contributed by atoms with Crippen LogP contribution in [0.1, 0.15) is 18.5 Å². The molecular weight excluding hydrogens is 492 g/mol. The Bertz CT molecular complexity index is 1150. The van der Waals surface area contributed by atoms with Crippen LogP contribution in [-0.2, 0) is 14.3 Å². The molecule has 1 N–H and O–H groups in total. The minimum atomic E-state index is -1.16. The number of ether oxygens (including phenoxy) is 5. The Kier molecular flexibility index (Phi) is 8.45. The van der Waals surface area contributed by atoms with Gasteiger partial charge in [0.15, 0.2) is 17.4 Å². The lowest BCUT2D eigenvalue weighted by molar-refractivity contribution is -0.153. The molecule has 0 unspecified atom stereocenters. The van der Waals surface area contributed by atoms with E-state index in [0.717, 1.165) is 24.5 Å². The number of methoxy groups -OCH3 is 4. The number of carbonyl (C=O) groups excluding carboxylic acids is 2. The summed E-state index contributed by atoms with van der Waals surface area (Å²) in [6, 6.07) is 10.5. The average molecular weight is 527 g/mol. The first-order valence-corrected chi connectivity index (χ1v) is 12.4. The van der Waals surface area contributed by atoms with Gasteiger partial charge in [-0.3, -0.25) is 14.9 Å². The van der Waals surface area contributed by atoms with Crippen LogP contribution in [-0.4, -0.2) is 84.0 Å². The van der Waals surface area contributed by atoms with Crippen LogP contribution in [0.5, 0.6) is 23.0 Å². The number of carbonyl (C=O) groups is 2. The number of nitrogens with zero attached hydrogens (tertiary/aromatic N) is 3. The summed E-state index contributed by atoms with van der Waals surface area (Å²) < 4.78 is 26.9. The standard InChI is InChI=1S/C27H34N4O7/c1-6-38-26(33)22-23(17-15-20(35-3)24(37-5)21(16-17)36-4)28-27(29-25(22)32)31-13-11-30(12-14-31)18-7-9-19(34-2)10-8-18/h7-10,15-16,22-23H,6,11-14H2,1-5H3,(H,28,29,32)/t22-,23+/m1/s1. The molecule has 0 aromatic heterocycles. The Morgan fingerprint density at radius 1 is 0.921 bits per heavy atom. The van der Waals surface area contributed by atoms with Crippen LogP contribution < -0.4 is 29.2 Å². The smallest absolute Gasteiger partial charge is 0.321 e. The van der Waals surface area contributed by atoms with Gasteiger partial charge in [-0.2, -0.15) is 0 Å². The number of nitrogens with one attached hydrogen (secondary N) is 1. The molecule has 2 atom stereocenters. The lowest BCUT2D eigenvalue weighted by atomic mass is 9.90. The Hall–Kier alpha value is -4.15. The van der Waals surface area contributed by atoms with Gasteiger partial charge in [0.2, 0.25) is 17.6 Å². The van der Waals surface area contributed by atoms with Crippen molar-refractivity contribution in [3.8, 4) is 23.0 Å². The minimum Gasteiger partial charge on any atom is -0.497 e. The van der Waals surface area contributed by atoms with Crippen molar-refractivity contribution in [3.63, 3.8) is 0 Å². The predicted octanol–water partition coefficient (Wildman–Crippen LogP) is 2.25. The van der Waals surface area contributed by atoms with Crippen LogP contribution in [0.4, 0.5) is 5.69 Å². The van der Waals surface area contributed by atoms with Crippen LogP contribution in [0.15, 0.2) is 41.4 Å². The molecule has 1 amide bonds. The summed E-state index contributed by atoms with van der Waals surface area (Å²) in [6.45, 7) is 4.58. The number of aliphatic imine (C=N–C) groups is 1. The first-order chi connectivity index (χ1) is 18.4. The third kappa shape index (κ3) is 5.41. The molecule has 4 rings (SSSR count). The number of rotatable bonds is 8. The Morgan fingerprint density at radius 2 is 1.53 bits per heavy atom. The zero-order valence-electron chi connectivity index (χ0n) is 22.4. The third-order valence-corrected chi connectivity index (χ3v) is 6.68. The summed E-state index contributed by atoms with van der Waals surface area (Å²) in [4.78, 5) is 35.3. The number of hydrogen-bond donors (Lipinski definition) is 1. The number of hydrogen-bond acceptors (Lipinski definition) is 10. The molecule has 2 heterocycles. The number of piperazine rings is 1. The van der Waals surface area contributed by atoms with Gasteiger partial charge in [-0.1, -0.05) is 0 Å². The van der Waals surface area contributed by atoms with Gasteiger partial charge >= 0.3 is 5.97 Å². The van der Waals surface area contributed by atoms with Crippen LogP contribution in [0.25, 0.3) is 0 Å². The molecule has 2 aliphatic rings. The molecule has 1 fully saturated rings. The average Bonchev–Trinajstić information content (AvgIpc) is 2.96. The number of guanidine groups is 1. The van der Waals surface area contributed by atoms with Gasteiger partial charge in [0.1, 0.15) is 11.8 Å². The van der Waals surface area contributed by atoms with E-state index >= 15 is 0 Å². The summed E-state index contributed by atoms with van der Waals surface area (Å²) in [6.07, 6.45) is 0. The minimum absolute atomic E-state index is 0.147. The molecule has 11 nitrogen and oxygen atoms in total. The van der Waals surface area contributed by atoms with E-state index < -0.39 is 23.8 Å². The number of amides is 1. The van der Waals surface area contributed by atoms with Gasteiger partial charge in [0.25, 0.3) is 0 Å². The first kappa shape index (κ1) is 26.9. The van der Waals surface area contributed by atoms with Crippen molar-refractivity contribution in [2.45, 2.75) is 13.0 Å². The Balaban J connectivity index is 1.63. The maximum atomic E-state index is 13.3. The summed E-state index contributed by atoms with van der Waals surface area (Å²) in [7, 11) is 6.17. The van der Waals surface area contributed by atoms with Gasteiger partial charge in [-0.05, 0) is 48.9 Å². The van der Waals surface area contributed by atoms with Crippen molar-refractivity contribution in [2.75, 3.05) is 66.1 Å². The molecule has 11 heteroatoms. The van der Waals surface area contributed by atoms with Crippen LogP contribution >= 0.6 is 0 Å². The van der Waals surface area contributed by atoms with Crippen molar-refractivity contribution in [1.29, 1.82) is 0 Å². The number of benzene rings is 2. The topological polar surface area (TPSA) is 111 Å². The molecule has 1 saturated heterocycles. The SMILES string of the molecule is CCOC(=O)[C@H]1C(=O)NC(N2CCN(c3ccc(OC)cc3)CC2)=N[C@H]1c1cc(OC)c(OC)c(OC)c1. The first-order valence-electron chi connectivity index (χ1n) is 12.4. The molecule has 2 aliphatic heterocycles. The maximum Gasteiger partial charge on any atom is 0.321 e. The highest BCUT2D eigenvalue weighted by molar-refractivity contribution is 6.08. The summed E-state index contributed by atoms with van der Waals surface area (Å²) in [5.41, 5.74) is 1.67. The van der Waals surface area contributed by atoms with E-state index in [1.165, 1.54) is 21.3 Å². The summed E-state index contributed by atoms with van der Waals surface area (Å²) >= 11 is 0. The second-order valence-electron chi connectivity index (χ2n) is 8.75.